The topological polar surface area (TPSA) is 44.4 Å². The largest absolute Gasteiger partial charge is 0.338 e. The van der Waals surface area contributed by atoms with Crippen molar-refractivity contribution in [3.8, 4) is 0 Å². The van der Waals surface area contributed by atoms with Crippen molar-refractivity contribution < 1.29 is 4.79 Å². The highest BCUT2D eigenvalue weighted by Gasteiger charge is 2.14. The van der Waals surface area contributed by atoms with Crippen molar-refractivity contribution in [3.05, 3.63) is 0 Å². The van der Waals surface area contributed by atoms with E-state index in [4.69, 9.17) is 0 Å². The average Bonchev–Trinajstić information content (AvgIpc) is 2.14. The maximum atomic E-state index is 11.6. The molecular weight excluding hydrogens is 178 g/mol. The third-order valence-corrected chi connectivity index (χ3v) is 2.01. The van der Waals surface area contributed by atoms with E-state index in [0.717, 1.165) is 26.1 Å². The Morgan fingerprint density at radius 1 is 1.36 bits per heavy atom. The van der Waals surface area contributed by atoms with Gasteiger partial charge in [-0.25, -0.2) is 4.79 Å². The smallest absolute Gasteiger partial charge is 0.317 e. The van der Waals surface area contributed by atoms with Gasteiger partial charge in [-0.1, -0.05) is 6.92 Å². The van der Waals surface area contributed by atoms with Crippen molar-refractivity contribution in [1.29, 1.82) is 0 Å². The Kier molecular flexibility index (Phi) is 7.20. The standard InChI is InChI=1S/C10H23N3O/c1-5-6-12-10(14)13(9(2)3)8-7-11-4/h9,11H,5-8H2,1-4H3,(H,12,14). The van der Waals surface area contributed by atoms with Gasteiger partial charge in [0.1, 0.15) is 0 Å². The normalized spacial score (nSPS) is 10.4. The molecule has 0 saturated heterocycles. The number of carbonyl (C=O) groups is 1. The fourth-order valence-corrected chi connectivity index (χ4v) is 1.16. The summed E-state index contributed by atoms with van der Waals surface area (Å²) in [7, 11) is 1.89. The number of likely N-dealkylation sites (N-methyl/N-ethyl adjacent to an activating group) is 1. The van der Waals surface area contributed by atoms with Gasteiger partial charge in [0.15, 0.2) is 0 Å². The zero-order valence-electron chi connectivity index (χ0n) is 9.76. The van der Waals surface area contributed by atoms with Crippen molar-refractivity contribution >= 4 is 6.03 Å². The van der Waals surface area contributed by atoms with Gasteiger partial charge in [-0.15, -0.1) is 0 Å². The number of nitrogens with one attached hydrogen (secondary N) is 2. The van der Waals surface area contributed by atoms with E-state index >= 15 is 0 Å². The summed E-state index contributed by atoms with van der Waals surface area (Å²) < 4.78 is 0. The Morgan fingerprint density at radius 2 is 2.00 bits per heavy atom. The zero-order valence-corrected chi connectivity index (χ0v) is 9.76. The molecular formula is C10H23N3O. The first-order chi connectivity index (χ1) is 6.63. The van der Waals surface area contributed by atoms with Crippen LogP contribution in [0.3, 0.4) is 0 Å². The number of hydrogen-bond acceptors (Lipinski definition) is 2. The number of urea groups is 1. The molecule has 0 heterocycles. The second-order valence-electron chi connectivity index (χ2n) is 3.62. The van der Waals surface area contributed by atoms with E-state index in [2.05, 4.69) is 10.6 Å². The molecule has 0 aliphatic heterocycles. The van der Waals surface area contributed by atoms with E-state index in [0.29, 0.717) is 0 Å². The molecule has 0 saturated carbocycles. The predicted octanol–water partition coefficient (Wildman–Crippen LogP) is 1.04. The molecule has 4 nitrogen and oxygen atoms in total. The van der Waals surface area contributed by atoms with Crippen LogP contribution in [0.15, 0.2) is 0 Å². The van der Waals surface area contributed by atoms with Crippen molar-refractivity contribution in [2.24, 2.45) is 0 Å². The summed E-state index contributed by atoms with van der Waals surface area (Å²) in [5.41, 5.74) is 0. The minimum atomic E-state index is 0.0390. The Balaban J connectivity index is 3.98. The SMILES string of the molecule is CCCNC(=O)N(CCNC)C(C)C. The van der Waals surface area contributed by atoms with E-state index in [1.807, 2.05) is 32.7 Å². The van der Waals surface area contributed by atoms with E-state index in [-0.39, 0.29) is 12.1 Å². The van der Waals surface area contributed by atoms with Crippen LogP contribution >= 0.6 is 0 Å². The lowest BCUT2D eigenvalue weighted by atomic mass is 10.3. The minimum absolute atomic E-state index is 0.0390. The monoisotopic (exact) mass is 201 g/mol. The molecule has 14 heavy (non-hydrogen) atoms. The molecule has 0 atom stereocenters. The molecule has 0 radical (unpaired) electrons. The van der Waals surface area contributed by atoms with Crippen molar-refractivity contribution in [3.63, 3.8) is 0 Å². The molecule has 0 bridgehead atoms. The fraction of sp³-hybridized carbons (Fsp3) is 0.900. The molecule has 2 amide bonds. The lowest BCUT2D eigenvalue weighted by Gasteiger charge is -2.26. The molecule has 2 N–H and O–H groups in total. The Bertz CT molecular complexity index is 159. The van der Waals surface area contributed by atoms with Crippen LogP contribution < -0.4 is 10.6 Å². The lowest BCUT2D eigenvalue weighted by molar-refractivity contribution is 0.184. The maximum absolute atomic E-state index is 11.6. The number of amides is 2. The van der Waals surface area contributed by atoms with Crippen LogP contribution in [0.1, 0.15) is 27.2 Å². The second kappa shape index (κ2) is 7.62. The minimum Gasteiger partial charge on any atom is -0.338 e. The third kappa shape index (κ3) is 5.07. The summed E-state index contributed by atoms with van der Waals surface area (Å²) in [6, 6.07) is 0.289. The maximum Gasteiger partial charge on any atom is 0.317 e. The molecule has 0 fully saturated rings. The zero-order chi connectivity index (χ0) is 11.0. The summed E-state index contributed by atoms with van der Waals surface area (Å²) in [6.45, 7) is 8.44. The quantitative estimate of drug-likeness (QED) is 0.674. The van der Waals surface area contributed by atoms with Crippen molar-refractivity contribution in [1.82, 2.24) is 15.5 Å². The summed E-state index contributed by atoms with van der Waals surface area (Å²) >= 11 is 0. The van der Waals surface area contributed by atoms with Crippen LogP contribution in [0, 0.1) is 0 Å². The van der Waals surface area contributed by atoms with Gasteiger partial charge in [-0.2, -0.15) is 0 Å². The van der Waals surface area contributed by atoms with Gasteiger partial charge in [-0.3, -0.25) is 0 Å². The molecule has 0 aromatic carbocycles. The van der Waals surface area contributed by atoms with E-state index in [1.165, 1.54) is 0 Å². The first-order valence-electron chi connectivity index (χ1n) is 5.32. The molecule has 0 rings (SSSR count). The predicted molar refractivity (Wildman–Crippen MR) is 59.5 cm³/mol. The average molecular weight is 201 g/mol. The van der Waals surface area contributed by atoms with Gasteiger partial charge >= 0.3 is 6.03 Å². The molecule has 4 heteroatoms. The van der Waals surface area contributed by atoms with Gasteiger partial charge in [-0.05, 0) is 27.3 Å². The van der Waals surface area contributed by atoms with Gasteiger partial charge in [0.05, 0.1) is 0 Å². The number of hydrogen-bond donors (Lipinski definition) is 2. The van der Waals surface area contributed by atoms with Crippen LogP contribution in [-0.4, -0.2) is 43.7 Å². The molecule has 0 aliphatic carbocycles. The van der Waals surface area contributed by atoms with Crippen LogP contribution in [-0.2, 0) is 0 Å². The summed E-state index contributed by atoms with van der Waals surface area (Å²) in [5, 5.41) is 5.92. The summed E-state index contributed by atoms with van der Waals surface area (Å²) in [6.07, 6.45) is 0.976. The van der Waals surface area contributed by atoms with E-state index < -0.39 is 0 Å². The number of nitrogens with zero attached hydrogens (tertiary/aromatic N) is 1. The molecule has 0 spiro atoms. The molecule has 0 aromatic rings. The molecule has 0 aromatic heterocycles. The van der Waals surface area contributed by atoms with E-state index in [1.54, 1.807) is 0 Å². The highest BCUT2D eigenvalue weighted by Crippen LogP contribution is 1.97. The van der Waals surface area contributed by atoms with Crippen molar-refractivity contribution in [2.45, 2.75) is 33.2 Å². The van der Waals surface area contributed by atoms with Crippen molar-refractivity contribution in [2.75, 3.05) is 26.7 Å². The van der Waals surface area contributed by atoms with Gasteiger partial charge in [0, 0.05) is 25.7 Å². The second-order valence-corrected chi connectivity index (χ2v) is 3.62. The van der Waals surface area contributed by atoms with E-state index in [9.17, 15) is 4.79 Å². The number of carbonyl (C=O) groups excluding carboxylic acids is 1. The lowest BCUT2D eigenvalue weighted by Crippen LogP contribution is -2.46. The van der Waals surface area contributed by atoms with Gasteiger partial charge < -0.3 is 15.5 Å². The van der Waals surface area contributed by atoms with Crippen LogP contribution in [0.25, 0.3) is 0 Å². The van der Waals surface area contributed by atoms with Gasteiger partial charge in [0.2, 0.25) is 0 Å². The first-order valence-corrected chi connectivity index (χ1v) is 5.32. The Morgan fingerprint density at radius 3 is 2.43 bits per heavy atom. The fourth-order valence-electron chi connectivity index (χ4n) is 1.16. The highest BCUT2D eigenvalue weighted by atomic mass is 16.2. The Labute approximate surface area is 87.0 Å². The first kappa shape index (κ1) is 13.2. The molecule has 0 unspecified atom stereocenters. The van der Waals surface area contributed by atoms with Crippen LogP contribution in [0.5, 0.6) is 0 Å². The van der Waals surface area contributed by atoms with Gasteiger partial charge in [0.25, 0.3) is 0 Å². The van der Waals surface area contributed by atoms with Crippen LogP contribution in [0.4, 0.5) is 4.79 Å². The third-order valence-electron chi connectivity index (χ3n) is 2.01. The summed E-state index contributed by atoms with van der Waals surface area (Å²) in [5.74, 6) is 0. The van der Waals surface area contributed by atoms with Crippen LogP contribution in [0.2, 0.25) is 0 Å². The molecule has 84 valence electrons. The summed E-state index contributed by atoms with van der Waals surface area (Å²) in [4.78, 5) is 13.5. The highest BCUT2D eigenvalue weighted by molar-refractivity contribution is 5.74. The molecule has 0 aliphatic rings. The number of rotatable bonds is 6. The Hall–Kier alpha value is -0.770.